The number of carboxylic acid groups (broad SMARTS) is 1. The first-order valence-corrected chi connectivity index (χ1v) is 9.88. The Morgan fingerprint density at radius 1 is 1.42 bits per heavy atom. The summed E-state index contributed by atoms with van der Waals surface area (Å²) in [6.07, 6.45) is 3.96. The lowest BCUT2D eigenvalue weighted by Gasteiger charge is -2.30. The number of nitrogens with two attached hydrogens (primary N) is 1. The van der Waals surface area contributed by atoms with Crippen molar-refractivity contribution in [3.8, 4) is 11.3 Å². The molecule has 0 spiro atoms. The second-order valence-corrected chi connectivity index (χ2v) is 7.72. The quantitative estimate of drug-likeness (QED) is 0.499. The Hall–Kier alpha value is -3.50. The number of nitrogens with one attached hydrogen (secondary N) is 2. The number of ether oxygens (including phenoxy) is 1. The average Bonchev–Trinajstić information content (AvgIpc) is 3.35. The van der Waals surface area contributed by atoms with E-state index in [1.165, 1.54) is 12.1 Å². The van der Waals surface area contributed by atoms with Crippen LogP contribution in [0.15, 0.2) is 30.6 Å². The maximum Gasteiger partial charge on any atom is 0.335 e. The van der Waals surface area contributed by atoms with Crippen molar-refractivity contribution in [2.24, 2.45) is 5.73 Å². The molecule has 10 heteroatoms. The molecule has 2 aliphatic rings. The maximum atomic E-state index is 15.2. The van der Waals surface area contributed by atoms with Crippen LogP contribution in [0.1, 0.15) is 32.7 Å². The zero-order valence-corrected chi connectivity index (χ0v) is 16.4. The molecule has 2 atom stereocenters. The van der Waals surface area contributed by atoms with Crippen LogP contribution in [-0.4, -0.2) is 51.7 Å². The number of aromatic carboxylic acids is 1. The SMILES string of the molecule is N[C@H]1COCC[C@H]1Nc1nc(-c2cc3cc(C(=O)O)ccn3c2)c2c(c1F)CNC2=O. The minimum absolute atomic E-state index is 0.0362. The van der Waals surface area contributed by atoms with E-state index < -0.39 is 17.7 Å². The fraction of sp³-hybridized carbons (Fsp3) is 0.286. The minimum atomic E-state index is -1.04. The standard InChI is InChI=1S/C21H20FN5O4/c22-17-13-7-24-20(28)16(13)18(26-19(17)25-15-2-4-31-9-14(15)23)11-6-12-5-10(21(29)30)1-3-27(12)8-11/h1,3,5-6,8,14-15H,2,4,7,9,23H2,(H,24,28)(H,25,26)(H,29,30)/t14-,15+/m0/s1. The molecule has 0 unspecified atom stereocenters. The van der Waals surface area contributed by atoms with Gasteiger partial charge in [0.1, 0.15) is 0 Å². The molecule has 0 aliphatic carbocycles. The molecule has 3 aromatic rings. The number of aromatic nitrogens is 2. The summed E-state index contributed by atoms with van der Waals surface area (Å²) in [4.78, 5) is 28.2. The van der Waals surface area contributed by atoms with Crippen LogP contribution >= 0.6 is 0 Å². The predicted octanol–water partition coefficient (Wildman–Crippen LogP) is 1.61. The number of carbonyl (C=O) groups is 2. The lowest BCUT2D eigenvalue weighted by atomic mass is 10.0. The maximum absolute atomic E-state index is 15.2. The van der Waals surface area contributed by atoms with Crippen molar-refractivity contribution in [3.63, 3.8) is 0 Å². The summed E-state index contributed by atoms with van der Waals surface area (Å²) in [5, 5.41) is 15.0. The number of carboxylic acids is 1. The highest BCUT2D eigenvalue weighted by Crippen LogP contribution is 2.34. The third-order valence-electron chi connectivity index (χ3n) is 5.73. The van der Waals surface area contributed by atoms with Crippen LogP contribution in [0, 0.1) is 5.82 Å². The Morgan fingerprint density at radius 2 is 2.26 bits per heavy atom. The monoisotopic (exact) mass is 425 g/mol. The van der Waals surface area contributed by atoms with Crippen molar-refractivity contribution in [3.05, 3.63) is 53.1 Å². The number of fused-ring (bicyclic) bond motifs is 2. The van der Waals surface area contributed by atoms with Crippen molar-refractivity contribution in [1.29, 1.82) is 0 Å². The molecule has 0 aromatic carbocycles. The van der Waals surface area contributed by atoms with Crippen molar-refractivity contribution in [2.45, 2.75) is 25.0 Å². The first-order chi connectivity index (χ1) is 14.9. The molecule has 160 valence electrons. The first kappa shape index (κ1) is 19.5. The zero-order chi connectivity index (χ0) is 21.7. The van der Waals surface area contributed by atoms with Crippen LogP contribution < -0.4 is 16.4 Å². The van der Waals surface area contributed by atoms with Crippen molar-refractivity contribution >= 4 is 23.2 Å². The number of halogens is 1. The van der Waals surface area contributed by atoms with Gasteiger partial charge in [-0.05, 0) is 24.6 Å². The summed E-state index contributed by atoms with van der Waals surface area (Å²) in [7, 11) is 0. The second kappa shape index (κ2) is 7.33. The van der Waals surface area contributed by atoms with E-state index in [1.54, 1.807) is 22.9 Å². The van der Waals surface area contributed by atoms with Crippen LogP contribution in [0.2, 0.25) is 0 Å². The smallest absolute Gasteiger partial charge is 0.335 e. The Balaban J connectivity index is 1.62. The molecule has 0 bridgehead atoms. The van der Waals surface area contributed by atoms with Gasteiger partial charge < -0.3 is 30.6 Å². The molecule has 31 heavy (non-hydrogen) atoms. The summed E-state index contributed by atoms with van der Waals surface area (Å²) in [5.41, 5.74) is 8.20. The van der Waals surface area contributed by atoms with E-state index in [-0.39, 0.29) is 41.1 Å². The van der Waals surface area contributed by atoms with E-state index in [0.717, 1.165) is 0 Å². The lowest BCUT2D eigenvalue weighted by Crippen LogP contribution is -2.48. The van der Waals surface area contributed by atoms with Gasteiger partial charge in [-0.15, -0.1) is 0 Å². The van der Waals surface area contributed by atoms with Crippen molar-refractivity contribution in [2.75, 3.05) is 18.5 Å². The number of rotatable bonds is 4. The summed E-state index contributed by atoms with van der Waals surface area (Å²) >= 11 is 0. The van der Waals surface area contributed by atoms with Gasteiger partial charge in [0, 0.05) is 54.3 Å². The summed E-state index contributed by atoms with van der Waals surface area (Å²) in [6.45, 7) is 0.954. The van der Waals surface area contributed by atoms with E-state index >= 15 is 4.39 Å². The molecule has 3 aromatic heterocycles. The van der Waals surface area contributed by atoms with Gasteiger partial charge in [-0.25, -0.2) is 14.2 Å². The highest BCUT2D eigenvalue weighted by molar-refractivity contribution is 6.04. The van der Waals surface area contributed by atoms with Crippen LogP contribution in [0.25, 0.3) is 16.8 Å². The number of carbonyl (C=O) groups excluding carboxylic acids is 1. The van der Waals surface area contributed by atoms with Gasteiger partial charge >= 0.3 is 5.97 Å². The van der Waals surface area contributed by atoms with E-state index in [1.807, 2.05) is 0 Å². The molecule has 1 fully saturated rings. The molecular formula is C21H20FN5O4. The number of hydrogen-bond acceptors (Lipinski definition) is 6. The average molecular weight is 425 g/mol. The lowest BCUT2D eigenvalue weighted by molar-refractivity contribution is 0.0696. The molecule has 0 saturated carbocycles. The normalized spacial score (nSPS) is 20.5. The van der Waals surface area contributed by atoms with Gasteiger partial charge in [0.2, 0.25) is 0 Å². The molecule has 2 aliphatic heterocycles. The van der Waals surface area contributed by atoms with Crippen LogP contribution in [-0.2, 0) is 11.3 Å². The van der Waals surface area contributed by atoms with Crippen LogP contribution in [0.5, 0.6) is 0 Å². The minimum Gasteiger partial charge on any atom is -0.478 e. The van der Waals surface area contributed by atoms with Gasteiger partial charge in [-0.1, -0.05) is 0 Å². The Morgan fingerprint density at radius 3 is 3.03 bits per heavy atom. The largest absolute Gasteiger partial charge is 0.478 e. The third-order valence-corrected chi connectivity index (χ3v) is 5.73. The van der Waals surface area contributed by atoms with Gasteiger partial charge in [0.15, 0.2) is 11.6 Å². The first-order valence-electron chi connectivity index (χ1n) is 9.88. The molecule has 1 amide bonds. The van der Waals surface area contributed by atoms with Crippen LogP contribution in [0.3, 0.4) is 0 Å². The Bertz CT molecular complexity index is 1220. The Kier molecular flexibility index (Phi) is 4.60. The zero-order valence-electron chi connectivity index (χ0n) is 16.4. The fourth-order valence-corrected chi connectivity index (χ4v) is 4.07. The highest BCUT2D eigenvalue weighted by Gasteiger charge is 2.32. The van der Waals surface area contributed by atoms with Crippen molar-refractivity contribution in [1.82, 2.24) is 14.7 Å². The summed E-state index contributed by atoms with van der Waals surface area (Å²) in [6, 6.07) is 4.21. The van der Waals surface area contributed by atoms with Gasteiger partial charge in [0.25, 0.3) is 5.91 Å². The van der Waals surface area contributed by atoms with Crippen LogP contribution in [0.4, 0.5) is 10.2 Å². The molecule has 5 heterocycles. The summed E-state index contributed by atoms with van der Waals surface area (Å²) in [5.74, 6) is -1.97. The number of pyridine rings is 2. The van der Waals surface area contributed by atoms with Gasteiger partial charge in [0.05, 0.1) is 23.4 Å². The van der Waals surface area contributed by atoms with E-state index in [2.05, 4.69) is 15.6 Å². The second-order valence-electron chi connectivity index (χ2n) is 7.72. The molecule has 1 saturated heterocycles. The molecule has 5 rings (SSSR count). The van der Waals surface area contributed by atoms with E-state index in [4.69, 9.17) is 10.5 Å². The van der Waals surface area contributed by atoms with Gasteiger partial charge in [-0.3, -0.25) is 4.79 Å². The van der Waals surface area contributed by atoms with Gasteiger partial charge in [-0.2, -0.15) is 0 Å². The third kappa shape index (κ3) is 3.29. The predicted molar refractivity (Wildman–Crippen MR) is 110 cm³/mol. The van der Waals surface area contributed by atoms with Crippen molar-refractivity contribution < 1.29 is 23.8 Å². The molecule has 9 nitrogen and oxygen atoms in total. The number of nitrogens with zero attached hydrogens (tertiary/aromatic N) is 2. The highest BCUT2D eigenvalue weighted by atomic mass is 19.1. The number of amides is 1. The number of anilines is 1. The Labute approximate surface area is 176 Å². The van der Waals surface area contributed by atoms with E-state index in [9.17, 15) is 14.7 Å². The number of hydrogen-bond donors (Lipinski definition) is 4. The molecule has 5 N–H and O–H groups in total. The molecule has 0 radical (unpaired) electrons. The van der Waals surface area contributed by atoms with E-state index in [0.29, 0.717) is 36.4 Å². The summed E-state index contributed by atoms with van der Waals surface area (Å²) < 4.78 is 22.3. The fourth-order valence-electron chi connectivity index (χ4n) is 4.07. The topological polar surface area (TPSA) is 131 Å². The molecular weight excluding hydrogens is 405 g/mol.